The molecule has 0 aromatic rings. The number of hydrogen-bond acceptors (Lipinski definition) is 6. The summed E-state index contributed by atoms with van der Waals surface area (Å²) < 4.78 is 4.74. The van der Waals surface area contributed by atoms with Crippen LogP contribution in [0.15, 0.2) is 0 Å². The topological polar surface area (TPSA) is 114 Å². The van der Waals surface area contributed by atoms with E-state index in [4.69, 9.17) is 10.5 Å². The quantitative estimate of drug-likeness (QED) is 0.323. The van der Waals surface area contributed by atoms with E-state index >= 15 is 0 Å². The Morgan fingerprint density at radius 3 is 2.46 bits per heavy atom. The van der Waals surface area contributed by atoms with Crippen molar-refractivity contribution in [3.05, 3.63) is 0 Å². The van der Waals surface area contributed by atoms with Crippen molar-refractivity contribution in [2.24, 2.45) is 11.7 Å². The molecule has 9 heteroatoms. The number of amides is 3. The maximum Gasteiger partial charge on any atom is 0.407 e. The number of thioether (sulfide) groups is 1. The fourth-order valence-electron chi connectivity index (χ4n) is 4.84. The van der Waals surface area contributed by atoms with Gasteiger partial charge in [0.2, 0.25) is 11.8 Å². The highest BCUT2D eigenvalue weighted by Gasteiger charge is 2.45. The Kier molecular flexibility index (Phi) is 12.7. The van der Waals surface area contributed by atoms with E-state index in [-0.39, 0.29) is 17.9 Å². The van der Waals surface area contributed by atoms with Crippen LogP contribution in [0.25, 0.3) is 0 Å². The molecule has 0 spiro atoms. The second-order valence-corrected chi connectivity index (χ2v) is 12.4. The van der Waals surface area contributed by atoms with Crippen LogP contribution in [0.3, 0.4) is 0 Å². The number of nitrogens with one attached hydrogen (secondary N) is 2. The predicted molar refractivity (Wildman–Crippen MR) is 142 cm³/mol. The largest absolute Gasteiger partial charge is 0.450 e. The van der Waals surface area contributed by atoms with Crippen molar-refractivity contribution in [1.29, 1.82) is 0 Å². The summed E-state index contributed by atoms with van der Waals surface area (Å²) in [6.07, 6.45) is 9.58. The maximum absolute atomic E-state index is 13.9. The first kappa shape index (κ1) is 29.7. The van der Waals surface area contributed by atoms with Gasteiger partial charge in [0.25, 0.3) is 0 Å². The first-order valence-corrected chi connectivity index (χ1v) is 14.6. The first-order valence-electron chi connectivity index (χ1n) is 13.6. The van der Waals surface area contributed by atoms with Crippen LogP contribution in [0, 0.1) is 5.92 Å². The lowest BCUT2D eigenvalue weighted by molar-refractivity contribution is -0.140. The molecule has 2 fully saturated rings. The Morgan fingerprint density at radius 1 is 1.11 bits per heavy atom. The summed E-state index contributed by atoms with van der Waals surface area (Å²) in [7, 11) is 0. The minimum Gasteiger partial charge on any atom is -0.450 e. The Labute approximate surface area is 216 Å². The summed E-state index contributed by atoms with van der Waals surface area (Å²) in [4.78, 5) is 41.2. The van der Waals surface area contributed by atoms with Crippen molar-refractivity contribution in [3.8, 4) is 0 Å². The minimum absolute atomic E-state index is 0.141. The van der Waals surface area contributed by atoms with Crippen LogP contribution in [-0.4, -0.2) is 71.1 Å². The van der Waals surface area contributed by atoms with Crippen LogP contribution in [0.4, 0.5) is 4.79 Å². The second-order valence-electron chi connectivity index (χ2n) is 10.6. The van der Waals surface area contributed by atoms with Crippen LogP contribution < -0.4 is 16.4 Å². The molecule has 1 saturated carbocycles. The lowest BCUT2D eigenvalue weighted by Crippen LogP contribution is -2.60. The van der Waals surface area contributed by atoms with Gasteiger partial charge >= 0.3 is 6.09 Å². The summed E-state index contributed by atoms with van der Waals surface area (Å²) in [6.45, 7) is 9.36. The van der Waals surface area contributed by atoms with E-state index in [2.05, 4.69) is 17.6 Å². The van der Waals surface area contributed by atoms with Crippen molar-refractivity contribution >= 4 is 29.7 Å². The maximum atomic E-state index is 13.9. The number of rotatable bonds is 13. The first-order chi connectivity index (χ1) is 16.7. The average Bonchev–Trinajstić information content (AvgIpc) is 3.23. The molecule has 3 amide bonds. The number of unbranched alkanes of at least 4 members (excludes halogenated alkanes) is 2. The van der Waals surface area contributed by atoms with E-state index in [1.807, 2.05) is 20.8 Å². The Morgan fingerprint density at radius 2 is 1.80 bits per heavy atom. The average molecular weight is 513 g/mol. The molecule has 8 nitrogen and oxygen atoms in total. The SMILES string of the molecule is CCCCOC(=O)N[C@@H](C(=O)N1C[C@H](N)C[C@H]1C(=O)NCC1CCCCC1)C(C)(C)SCCCC. The van der Waals surface area contributed by atoms with Gasteiger partial charge in [0, 0.05) is 23.9 Å². The molecular formula is C26H48N4O4S. The predicted octanol–water partition coefficient (Wildman–Crippen LogP) is 3.82. The molecule has 1 aliphatic carbocycles. The van der Waals surface area contributed by atoms with E-state index < -0.39 is 22.9 Å². The number of likely N-dealkylation sites (tertiary alicyclic amines) is 1. The summed E-state index contributed by atoms with van der Waals surface area (Å²) in [5.74, 6) is 0.980. The molecule has 0 aromatic heterocycles. The van der Waals surface area contributed by atoms with Crippen molar-refractivity contribution in [1.82, 2.24) is 15.5 Å². The van der Waals surface area contributed by atoms with E-state index in [1.54, 1.807) is 16.7 Å². The fraction of sp³-hybridized carbons (Fsp3) is 0.885. The number of nitrogens with two attached hydrogens (primary N) is 1. The van der Waals surface area contributed by atoms with Crippen LogP contribution in [0.1, 0.15) is 91.9 Å². The number of alkyl carbamates (subject to hydrolysis) is 1. The highest BCUT2D eigenvalue weighted by molar-refractivity contribution is 8.00. The van der Waals surface area contributed by atoms with Gasteiger partial charge in [-0.1, -0.05) is 46.0 Å². The Bertz CT molecular complexity index is 684. The molecule has 0 aromatic carbocycles. The van der Waals surface area contributed by atoms with Gasteiger partial charge in [-0.15, -0.1) is 0 Å². The molecule has 35 heavy (non-hydrogen) atoms. The summed E-state index contributed by atoms with van der Waals surface area (Å²) in [5.41, 5.74) is 6.23. The minimum atomic E-state index is -0.822. The van der Waals surface area contributed by atoms with E-state index in [9.17, 15) is 14.4 Å². The number of ether oxygens (including phenoxy) is 1. The number of carbonyl (C=O) groups is 3. The molecule has 3 atom stereocenters. The number of carbonyl (C=O) groups excluding carboxylic acids is 3. The van der Waals surface area contributed by atoms with Gasteiger partial charge in [0.15, 0.2) is 0 Å². The van der Waals surface area contributed by atoms with E-state index in [0.717, 1.165) is 44.3 Å². The van der Waals surface area contributed by atoms with Gasteiger partial charge in [-0.2, -0.15) is 11.8 Å². The Balaban J connectivity index is 2.12. The lowest BCUT2D eigenvalue weighted by atomic mass is 9.89. The lowest BCUT2D eigenvalue weighted by Gasteiger charge is -2.37. The van der Waals surface area contributed by atoms with Crippen LogP contribution >= 0.6 is 11.8 Å². The third-order valence-electron chi connectivity index (χ3n) is 7.12. The van der Waals surface area contributed by atoms with Gasteiger partial charge in [0.1, 0.15) is 12.1 Å². The summed E-state index contributed by atoms with van der Waals surface area (Å²) in [6, 6.07) is -1.70. The third-order valence-corrected chi connectivity index (χ3v) is 8.59. The van der Waals surface area contributed by atoms with Crippen molar-refractivity contribution in [2.45, 2.75) is 115 Å². The van der Waals surface area contributed by atoms with Gasteiger partial charge in [-0.05, 0) is 57.6 Å². The van der Waals surface area contributed by atoms with Crippen molar-refractivity contribution in [3.63, 3.8) is 0 Å². The van der Waals surface area contributed by atoms with Gasteiger partial charge in [-0.3, -0.25) is 9.59 Å². The van der Waals surface area contributed by atoms with Gasteiger partial charge < -0.3 is 26.0 Å². The Hall–Kier alpha value is -1.48. The molecule has 4 N–H and O–H groups in total. The van der Waals surface area contributed by atoms with Crippen LogP contribution in [-0.2, 0) is 14.3 Å². The monoisotopic (exact) mass is 512 g/mol. The molecular weight excluding hydrogens is 464 g/mol. The van der Waals surface area contributed by atoms with Crippen molar-refractivity contribution in [2.75, 3.05) is 25.4 Å². The van der Waals surface area contributed by atoms with Gasteiger partial charge in [-0.25, -0.2) is 4.79 Å². The van der Waals surface area contributed by atoms with Crippen LogP contribution in [0.5, 0.6) is 0 Å². The molecule has 1 saturated heterocycles. The summed E-state index contributed by atoms with van der Waals surface area (Å²) >= 11 is 1.66. The standard InChI is InChI=1S/C26H48N4O4S/c1-5-7-14-34-25(33)29-22(26(3,4)35-15-8-6-2)24(32)30-18-20(27)16-21(30)23(31)28-17-19-12-10-9-11-13-19/h19-22H,5-18,27H2,1-4H3,(H,28,31)(H,29,33)/t20-,21+,22+/m1/s1. The molecule has 0 bridgehead atoms. The molecule has 202 valence electrons. The number of nitrogens with zero attached hydrogens (tertiary/aromatic N) is 1. The van der Waals surface area contributed by atoms with Crippen molar-refractivity contribution < 1.29 is 19.1 Å². The third kappa shape index (κ3) is 9.48. The highest BCUT2D eigenvalue weighted by atomic mass is 32.2. The zero-order chi connectivity index (χ0) is 25.8. The van der Waals surface area contributed by atoms with Gasteiger partial charge in [0.05, 0.1) is 6.61 Å². The van der Waals surface area contributed by atoms with E-state index in [1.165, 1.54) is 19.3 Å². The fourth-order valence-corrected chi connectivity index (χ4v) is 6.13. The highest BCUT2D eigenvalue weighted by Crippen LogP contribution is 2.32. The van der Waals surface area contributed by atoms with E-state index in [0.29, 0.717) is 32.0 Å². The zero-order valence-corrected chi connectivity index (χ0v) is 23.1. The summed E-state index contributed by atoms with van der Waals surface area (Å²) in [5, 5.41) is 5.92. The molecule has 1 heterocycles. The second kappa shape index (κ2) is 14.9. The zero-order valence-electron chi connectivity index (χ0n) is 22.3. The normalized spacial score (nSPS) is 22.0. The number of hydrogen-bond donors (Lipinski definition) is 3. The molecule has 2 rings (SSSR count). The molecule has 0 unspecified atom stereocenters. The molecule has 0 radical (unpaired) electrons. The molecule has 1 aliphatic heterocycles. The molecule has 2 aliphatic rings. The van der Waals surface area contributed by atoms with Crippen LogP contribution in [0.2, 0.25) is 0 Å². The smallest absolute Gasteiger partial charge is 0.407 e.